The molecule has 3 aromatic carbocycles. The van der Waals surface area contributed by atoms with Crippen molar-refractivity contribution in [2.24, 2.45) is 0 Å². The molecule has 4 rings (SSSR count). The summed E-state index contributed by atoms with van der Waals surface area (Å²) in [6, 6.07) is 20.6. The van der Waals surface area contributed by atoms with E-state index in [0.717, 1.165) is 21.3 Å². The first-order valence-electron chi connectivity index (χ1n) is 9.53. The summed E-state index contributed by atoms with van der Waals surface area (Å²) in [7, 11) is -3.84. The molecule has 0 aliphatic heterocycles. The zero-order valence-electron chi connectivity index (χ0n) is 16.9. The number of sulfonamides is 1. The second kappa shape index (κ2) is 9.23. The molecule has 9 heteroatoms. The molecule has 0 bridgehead atoms. The van der Waals surface area contributed by atoms with Gasteiger partial charge in [0.15, 0.2) is 5.13 Å². The lowest BCUT2D eigenvalue weighted by atomic mass is 10.2. The van der Waals surface area contributed by atoms with Crippen LogP contribution in [0.4, 0.5) is 10.8 Å². The normalized spacial score (nSPS) is 11.2. The number of aryl methyl sites for hydroxylation is 1. The van der Waals surface area contributed by atoms with Gasteiger partial charge in [-0.05, 0) is 43.3 Å². The molecule has 0 saturated carbocycles. The molecular formula is C23H18BrN3O3S2. The number of rotatable bonds is 6. The highest BCUT2D eigenvalue weighted by Crippen LogP contribution is 2.27. The molecular weight excluding hydrogens is 510 g/mol. The van der Waals surface area contributed by atoms with Crippen LogP contribution in [0.1, 0.15) is 15.9 Å². The number of nitrogens with one attached hydrogen (secondary N) is 2. The van der Waals surface area contributed by atoms with Gasteiger partial charge in [0.1, 0.15) is 0 Å². The lowest BCUT2D eigenvalue weighted by Crippen LogP contribution is -2.18. The molecule has 6 nitrogen and oxygen atoms in total. The summed E-state index contributed by atoms with van der Waals surface area (Å²) in [6.07, 6.45) is 0. The minimum Gasteiger partial charge on any atom is -0.298 e. The second-order valence-electron chi connectivity index (χ2n) is 6.96. The molecule has 0 atom stereocenters. The zero-order chi connectivity index (χ0) is 22.7. The summed E-state index contributed by atoms with van der Waals surface area (Å²) in [5.41, 5.74) is 3.01. The fourth-order valence-electron chi connectivity index (χ4n) is 2.94. The van der Waals surface area contributed by atoms with Crippen LogP contribution in [-0.4, -0.2) is 19.3 Å². The molecule has 1 aromatic heterocycles. The largest absolute Gasteiger partial charge is 0.298 e. The van der Waals surface area contributed by atoms with E-state index >= 15 is 0 Å². The van der Waals surface area contributed by atoms with Crippen LogP contribution < -0.4 is 10.0 Å². The van der Waals surface area contributed by atoms with E-state index in [1.165, 1.54) is 23.5 Å². The van der Waals surface area contributed by atoms with Crippen LogP contribution in [0.2, 0.25) is 0 Å². The number of amides is 1. The Hall–Kier alpha value is -3.01. The molecule has 1 amide bonds. The maximum atomic E-state index is 12.9. The number of anilines is 2. The minimum atomic E-state index is -3.84. The molecule has 0 aliphatic rings. The number of hydrogen-bond donors (Lipinski definition) is 2. The molecule has 0 spiro atoms. The van der Waals surface area contributed by atoms with Crippen LogP contribution in [-0.2, 0) is 10.0 Å². The Balaban J connectivity index is 1.54. The molecule has 0 aliphatic carbocycles. The SMILES string of the molecule is Cc1ccc(S(=O)(=O)Nc2ccccc2C(=O)Nc2nc(-c3ccc(Br)cc3)cs2)cc1. The average Bonchev–Trinajstić information content (AvgIpc) is 3.23. The summed E-state index contributed by atoms with van der Waals surface area (Å²) >= 11 is 4.70. The smallest absolute Gasteiger partial charge is 0.261 e. The van der Waals surface area contributed by atoms with E-state index in [0.29, 0.717) is 5.13 Å². The van der Waals surface area contributed by atoms with E-state index in [4.69, 9.17) is 0 Å². The number of thiazole rings is 1. The van der Waals surface area contributed by atoms with Crippen LogP contribution in [0.3, 0.4) is 0 Å². The molecule has 0 radical (unpaired) electrons. The lowest BCUT2D eigenvalue weighted by molar-refractivity contribution is 0.102. The van der Waals surface area contributed by atoms with Gasteiger partial charge in [-0.1, -0.05) is 57.9 Å². The van der Waals surface area contributed by atoms with Crippen LogP contribution in [0.25, 0.3) is 11.3 Å². The quantitative estimate of drug-likeness (QED) is 0.325. The Labute approximate surface area is 198 Å². The number of carbonyl (C=O) groups is 1. The van der Waals surface area contributed by atoms with E-state index in [-0.39, 0.29) is 16.1 Å². The third-order valence-corrected chi connectivity index (χ3v) is 7.28. The average molecular weight is 528 g/mol. The van der Waals surface area contributed by atoms with E-state index in [1.807, 2.05) is 36.6 Å². The van der Waals surface area contributed by atoms with Gasteiger partial charge in [-0.2, -0.15) is 0 Å². The summed E-state index contributed by atoms with van der Waals surface area (Å²) in [6.45, 7) is 1.88. The third-order valence-electron chi connectivity index (χ3n) is 4.61. The monoisotopic (exact) mass is 527 g/mol. The third kappa shape index (κ3) is 5.07. The first kappa shape index (κ1) is 22.2. The van der Waals surface area contributed by atoms with Gasteiger partial charge in [-0.3, -0.25) is 14.8 Å². The Bertz CT molecular complexity index is 1370. The van der Waals surface area contributed by atoms with Gasteiger partial charge >= 0.3 is 0 Å². The van der Waals surface area contributed by atoms with Crippen molar-refractivity contribution >= 4 is 54.0 Å². The van der Waals surface area contributed by atoms with Crippen LogP contribution >= 0.6 is 27.3 Å². The highest BCUT2D eigenvalue weighted by Gasteiger charge is 2.19. The maximum absolute atomic E-state index is 12.9. The summed E-state index contributed by atoms with van der Waals surface area (Å²) in [5, 5.41) is 5.03. The van der Waals surface area contributed by atoms with Crippen molar-refractivity contribution in [3.63, 3.8) is 0 Å². The Morgan fingerprint density at radius 3 is 2.38 bits per heavy atom. The molecule has 0 fully saturated rings. The van der Waals surface area contributed by atoms with Gasteiger partial charge in [0, 0.05) is 15.4 Å². The number of hydrogen-bond acceptors (Lipinski definition) is 5. The first-order chi connectivity index (χ1) is 15.3. The zero-order valence-corrected chi connectivity index (χ0v) is 20.1. The van der Waals surface area contributed by atoms with Crippen molar-refractivity contribution in [2.45, 2.75) is 11.8 Å². The summed E-state index contributed by atoms with van der Waals surface area (Å²) in [5.74, 6) is -0.455. The van der Waals surface area contributed by atoms with Crippen LogP contribution in [0, 0.1) is 6.92 Å². The Morgan fingerprint density at radius 1 is 0.969 bits per heavy atom. The van der Waals surface area contributed by atoms with Gasteiger partial charge in [0.25, 0.3) is 15.9 Å². The predicted octanol–water partition coefficient (Wildman–Crippen LogP) is 5.93. The number of nitrogens with zero attached hydrogens (tertiary/aromatic N) is 1. The number of para-hydroxylation sites is 1. The van der Waals surface area contributed by atoms with Crippen molar-refractivity contribution in [1.82, 2.24) is 4.98 Å². The van der Waals surface area contributed by atoms with Crippen LogP contribution in [0.15, 0.2) is 87.5 Å². The van der Waals surface area contributed by atoms with E-state index < -0.39 is 15.9 Å². The minimum absolute atomic E-state index is 0.123. The van der Waals surface area contributed by atoms with E-state index in [2.05, 4.69) is 31.0 Å². The molecule has 32 heavy (non-hydrogen) atoms. The number of carbonyl (C=O) groups excluding carboxylic acids is 1. The van der Waals surface area contributed by atoms with Crippen LogP contribution in [0.5, 0.6) is 0 Å². The fraction of sp³-hybridized carbons (Fsp3) is 0.0435. The fourth-order valence-corrected chi connectivity index (χ4v) is 5.00. The number of aromatic nitrogens is 1. The van der Waals surface area contributed by atoms with Gasteiger partial charge < -0.3 is 0 Å². The van der Waals surface area contributed by atoms with Gasteiger partial charge in [0.05, 0.1) is 21.8 Å². The highest BCUT2D eigenvalue weighted by molar-refractivity contribution is 9.10. The summed E-state index contributed by atoms with van der Waals surface area (Å²) < 4.78 is 29.0. The van der Waals surface area contributed by atoms with Crippen molar-refractivity contribution in [3.8, 4) is 11.3 Å². The van der Waals surface area contributed by atoms with Gasteiger partial charge in [0.2, 0.25) is 0 Å². The molecule has 162 valence electrons. The van der Waals surface area contributed by atoms with E-state index in [1.54, 1.807) is 36.4 Å². The Kier molecular flexibility index (Phi) is 6.40. The van der Waals surface area contributed by atoms with Gasteiger partial charge in [-0.15, -0.1) is 11.3 Å². The van der Waals surface area contributed by atoms with E-state index in [9.17, 15) is 13.2 Å². The first-order valence-corrected chi connectivity index (χ1v) is 12.7. The highest BCUT2D eigenvalue weighted by atomic mass is 79.9. The molecule has 0 unspecified atom stereocenters. The molecule has 2 N–H and O–H groups in total. The van der Waals surface area contributed by atoms with Crippen molar-refractivity contribution < 1.29 is 13.2 Å². The number of halogens is 1. The lowest BCUT2D eigenvalue weighted by Gasteiger charge is -2.12. The number of benzene rings is 3. The predicted molar refractivity (Wildman–Crippen MR) is 132 cm³/mol. The molecule has 1 heterocycles. The van der Waals surface area contributed by atoms with Gasteiger partial charge in [-0.25, -0.2) is 13.4 Å². The van der Waals surface area contributed by atoms with Crippen molar-refractivity contribution in [1.29, 1.82) is 0 Å². The van der Waals surface area contributed by atoms with Crippen molar-refractivity contribution in [3.05, 3.63) is 93.8 Å². The summed E-state index contributed by atoms with van der Waals surface area (Å²) in [4.78, 5) is 17.5. The topological polar surface area (TPSA) is 88.2 Å². The molecule has 0 saturated heterocycles. The second-order valence-corrected chi connectivity index (χ2v) is 10.4. The molecule has 4 aromatic rings. The van der Waals surface area contributed by atoms with Crippen molar-refractivity contribution in [2.75, 3.05) is 10.0 Å². The standard InChI is InChI=1S/C23H18BrN3O3S2/c1-15-6-12-18(13-7-15)32(29,30)27-20-5-3-2-4-19(20)22(28)26-23-25-21(14-31-23)16-8-10-17(24)11-9-16/h2-14,27H,1H3,(H,25,26,28). The maximum Gasteiger partial charge on any atom is 0.261 e. The Morgan fingerprint density at radius 2 is 1.66 bits per heavy atom.